The number of aliphatic hydroxyl groups excluding tert-OH is 1. The molecule has 0 bridgehead atoms. The molecule has 0 aliphatic carbocycles. The minimum Gasteiger partial charge on any atom is -0.395 e. The number of aliphatic hydroxyl groups is 1. The van der Waals surface area contributed by atoms with Gasteiger partial charge in [-0.25, -0.2) is 9.97 Å². The first-order valence-corrected chi connectivity index (χ1v) is 6.28. The molecule has 100 valence electrons. The molecule has 2 rings (SSSR count). The van der Waals surface area contributed by atoms with E-state index in [-0.39, 0.29) is 6.61 Å². The van der Waals surface area contributed by atoms with Crippen molar-refractivity contribution >= 4 is 11.6 Å². The van der Waals surface area contributed by atoms with Crippen molar-refractivity contribution in [2.75, 3.05) is 50.6 Å². The zero-order chi connectivity index (χ0) is 13.0. The minimum atomic E-state index is 0.122. The lowest BCUT2D eigenvalue weighted by Gasteiger charge is -2.18. The second-order valence-corrected chi connectivity index (χ2v) is 4.80. The van der Waals surface area contributed by atoms with E-state index in [1.165, 1.54) is 0 Å². The van der Waals surface area contributed by atoms with Gasteiger partial charge >= 0.3 is 0 Å². The van der Waals surface area contributed by atoms with E-state index in [1.807, 2.05) is 18.0 Å². The first-order valence-electron chi connectivity index (χ1n) is 6.28. The first kappa shape index (κ1) is 13.0. The Bertz CT molecular complexity index is 386. The molecule has 1 saturated heterocycles. The quantitative estimate of drug-likeness (QED) is 0.769. The van der Waals surface area contributed by atoms with E-state index >= 15 is 0 Å². The van der Waals surface area contributed by atoms with Crippen LogP contribution in [0.15, 0.2) is 12.4 Å². The maximum atomic E-state index is 8.92. The lowest BCUT2D eigenvalue weighted by atomic mass is 10.2. The summed E-state index contributed by atoms with van der Waals surface area (Å²) in [4.78, 5) is 12.7. The zero-order valence-electron chi connectivity index (χ0n) is 11.0. The molecule has 1 aliphatic rings. The molecular formula is C12H21N5O. The predicted octanol–water partition coefficient (Wildman–Crippen LogP) is 0.0211. The topological polar surface area (TPSA) is 64.5 Å². The lowest BCUT2D eigenvalue weighted by molar-refractivity contribution is 0.304. The second kappa shape index (κ2) is 5.97. The van der Waals surface area contributed by atoms with Crippen LogP contribution < -0.4 is 10.2 Å². The molecule has 1 aliphatic heterocycles. The van der Waals surface area contributed by atoms with Crippen molar-refractivity contribution in [1.82, 2.24) is 14.9 Å². The fraction of sp³-hybridized carbons (Fsp3) is 0.667. The Balaban J connectivity index is 1.98. The smallest absolute Gasteiger partial charge is 0.133 e. The maximum absolute atomic E-state index is 8.92. The number of nitrogens with zero attached hydrogens (tertiary/aromatic N) is 4. The molecule has 0 aromatic carbocycles. The Hall–Kier alpha value is -1.40. The summed E-state index contributed by atoms with van der Waals surface area (Å²) in [6, 6.07) is 2.38. The lowest BCUT2D eigenvalue weighted by Crippen LogP contribution is -2.25. The average molecular weight is 251 g/mol. The highest BCUT2D eigenvalue weighted by Gasteiger charge is 2.19. The predicted molar refractivity (Wildman–Crippen MR) is 71.9 cm³/mol. The highest BCUT2D eigenvalue weighted by molar-refractivity contribution is 5.48. The summed E-state index contributed by atoms with van der Waals surface area (Å²) >= 11 is 0. The molecule has 6 nitrogen and oxygen atoms in total. The Morgan fingerprint density at radius 2 is 2.39 bits per heavy atom. The van der Waals surface area contributed by atoms with Gasteiger partial charge in [-0.2, -0.15) is 0 Å². The summed E-state index contributed by atoms with van der Waals surface area (Å²) in [5, 5.41) is 12.3. The Labute approximate surface area is 108 Å². The van der Waals surface area contributed by atoms with Crippen molar-refractivity contribution in [3.63, 3.8) is 0 Å². The largest absolute Gasteiger partial charge is 0.395 e. The van der Waals surface area contributed by atoms with E-state index in [4.69, 9.17) is 5.11 Å². The van der Waals surface area contributed by atoms with Crippen molar-refractivity contribution in [2.45, 2.75) is 12.5 Å². The average Bonchev–Trinajstić information content (AvgIpc) is 2.75. The van der Waals surface area contributed by atoms with Crippen molar-refractivity contribution in [1.29, 1.82) is 0 Å². The van der Waals surface area contributed by atoms with Crippen molar-refractivity contribution in [2.24, 2.45) is 0 Å². The van der Waals surface area contributed by atoms with Crippen LogP contribution in [0.5, 0.6) is 0 Å². The Morgan fingerprint density at radius 1 is 1.56 bits per heavy atom. The molecule has 0 saturated carbocycles. The number of rotatable bonds is 5. The summed E-state index contributed by atoms with van der Waals surface area (Å²) in [5.74, 6) is 1.68. The van der Waals surface area contributed by atoms with Crippen LogP contribution in [0.1, 0.15) is 6.42 Å². The third-order valence-corrected chi connectivity index (χ3v) is 3.22. The van der Waals surface area contributed by atoms with Crippen LogP contribution in [0, 0.1) is 0 Å². The van der Waals surface area contributed by atoms with Crippen LogP contribution in [0.4, 0.5) is 11.6 Å². The molecule has 0 radical (unpaired) electrons. The highest BCUT2D eigenvalue weighted by atomic mass is 16.3. The number of hydrogen-bond acceptors (Lipinski definition) is 6. The molecule has 0 amide bonds. The molecule has 1 aromatic rings. The van der Waals surface area contributed by atoms with Crippen LogP contribution in [0.3, 0.4) is 0 Å². The van der Waals surface area contributed by atoms with Crippen LogP contribution in [0.25, 0.3) is 0 Å². The van der Waals surface area contributed by atoms with Crippen molar-refractivity contribution < 1.29 is 5.11 Å². The number of anilines is 2. The monoisotopic (exact) mass is 251 g/mol. The molecular weight excluding hydrogens is 230 g/mol. The van der Waals surface area contributed by atoms with Gasteiger partial charge in [0.25, 0.3) is 0 Å². The van der Waals surface area contributed by atoms with Gasteiger partial charge < -0.3 is 20.2 Å². The molecule has 1 atom stereocenters. The Kier molecular flexibility index (Phi) is 4.33. The van der Waals surface area contributed by atoms with Crippen LogP contribution in [0.2, 0.25) is 0 Å². The van der Waals surface area contributed by atoms with Gasteiger partial charge in [-0.1, -0.05) is 0 Å². The maximum Gasteiger partial charge on any atom is 0.133 e. The van der Waals surface area contributed by atoms with Crippen molar-refractivity contribution in [3.05, 3.63) is 12.4 Å². The standard InChI is InChI=1S/C12H21N5O/c1-16-4-3-10(8-16)15-11-7-12(14-9-13-11)17(2)5-6-18/h7,9-10,18H,3-6,8H2,1-2H3,(H,13,14,15). The van der Waals surface area contributed by atoms with Gasteiger partial charge in [0.2, 0.25) is 0 Å². The first-order chi connectivity index (χ1) is 8.69. The molecule has 0 spiro atoms. The summed E-state index contributed by atoms with van der Waals surface area (Å²) in [6.45, 7) is 2.87. The summed E-state index contributed by atoms with van der Waals surface area (Å²) in [7, 11) is 4.04. The van der Waals surface area contributed by atoms with Gasteiger partial charge in [0.15, 0.2) is 0 Å². The van der Waals surface area contributed by atoms with Gasteiger partial charge in [0, 0.05) is 32.2 Å². The third-order valence-electron chi connectivity index (χ3n) is 3.22. The van der Waals surface area contributed by atoms with Gasteiger partial charge in [0.05, 0.1) is 6.61 Å². The van der Waals surface area contributed by atoms with E-state index in [1.54, 1.807) is 6.33 Å². The van der Waals surface area contributed by atoms with E-state index < -0.39 is 0 Å². The number of hydrogen-bond donors (Lipinski definition) is 2. The summed E-state index contributed by atoms with van der Waals surface area (Å²) < 4.78 is 0. The van der Waals surface area contributed by atoms with E-state index in [0.717, 1.165) is 31.1 Å². The van der Waals surface area contributed by atoms with Gasteiger partial charge in [-0.15, -0.1) is 0 Å². The molecule has 1 unspecified atom stereocenters. The molecule has 18 heavy (non-hydrogen) atoms. The second-order valence-electron chi connectivity index (χ2n) is 4.80. The molecule has 2 N–H and O–H groups in total. The summed E-state index contributed by atoms with van der Waals surface area (Å²) in [5.41, 5.74) is 0. The SMILES string of the molecule is CN1CCC(Nc2cc(N(C)CCO)ncn2)C1. The minimum absolute atomic E-state index is 0.122. The van der Waals surface area contributed by atoms with E-state index in [0.29, 0.717) is 12.6 Å². The van der Waals surface area contributed by atoms with Crippen molar-refractivity contribution in [3.8, 4) is 0 Å². The zero-order valence-corrected chi connectivity index (χ0v) is 11.0. The van der Waals surface area contributed by atoms with E-state index in [9.17, 15) is 0 Å². The highest BCUT2D eigenvalue weighted by Crippen LogP contribution is 2.16. The van der Waals surface area contributed by atoms with Gasteiger partial charge in [-0.3, -0.25) is 0 Å². The summed E-state index contributed by atoms with van der Waals surface area (Å²) in [6.07, 6.45) is 2.70. The molecule has 2 heterocycles. The molecule has 1 fully saturated rings. The van der Waals surface area contributed by atoms with Crippen LogP contribution >= 0.6 is 0 Å². The van der Waals surface area contributed by atoms with Gasteiger partial charge in [0.1, 0.15) is 18.0 Å². The Morgan fingerprint density at radius 3 is 3.06 bits per heavy atom. The molecule has 1 aromatic heterocycles. The number of nitrogens with one attached hydrogen (secondary N) is 1. The van der Waals surface area contributed by atoms with Crippen LogP contribution in [-0.2, 0) is 0 Å². The number of aromatic nitrogens is 2. The van der Waals surface area contributed by atoms with Crippen LogP contribution in [-0.4, -0.2) is 66.4 Å². The fourth-order valence-corrected chi connectivity index (χ4v) is 2.16. The third kappa shape index (κ3) is 3.30. The fourth-order valence-electron chi connectivity index (χ4n) is 2.16. The normalized spacial score (nSPS) is 20.1. The van der Waals surface area contributed by atoms with E-state index in [2.05, 4.69) is 27.2 Å². The molecule has 6 heteroatoms. The van der Waals surface area contributed by atoms with Gasteiger partial charge in [-0.05, 0) is 20.0 Å². The number of likely N-dealkylation sites (tertiary alicyclic amines) is 1. The number of likely N-dealkylation sites (N-methyl/N-ethyl adjacent to an activating group) is 2.